The van der Waals surface area contributed by atoms with Crippen molar-refractivity contribution in [3.63, 3.8) is 0 Å². The molecule has 1 aromatic rings. The van der Waals surface area contributed by atoms with Gasteiger partial charge in [-0.15, -0.1) is 0 Å². The summed E-state index contributed by atoms with van der Waals surface area (Å²) in [6.07, 6.45) is 0.194. The van der Waals surface area contributed by atoms with E-state index in [4.69, 9.17) is 4.55 Å². The Kier molecular flexibility index (Phi) is 5.85. The van der Waals surface area contributed by atoms with Crippen LogP contribution in [0.4, 0.5) is 4.39 Å². The Balaban J connectivity index is 0.00000169. The van der Waals surface area contributed by atoms with Crippen LogP contribution < -0.4 is 0 Å². The molecule has 1 N–H and O–H groups in total. The fourth-order valence-corrected chi connectivity index (χ4v) is 1.39. The molecule has 0 bridgehead atoms. The van der Waals surface area contributed by atoms with Crippen LogP contribution in [0.25, 0.3) is 0 Å². The molecule has 1 aromatic carbocycles. The maximum atomic E-state index is 12.4. The summed E-state index contributed by atoms with van der Waals surface area (Å²) in [5.74, 6) is -0.700. The zero-order chi connectivity index (χ0) is 9.90. The van der Waals surface area contributed by atoms with Crippen molar-refractivity contribution < 1.29 is 17.4 Å². The molecule has 0 amide bonds. The van der Waals surface area contributed by atoms with E-state index < -0.39 is 10.1 Å². The van der Waals surface area contributed by atoms with Gasteiger partial charge in [-0.1, -0.05) is 12.1 Å². The molecule has 0 radical (unpaired) electrons. The molecular weight excluding hydrogens is 218 g/mol. The predicted octanol–water partition coefficient (Wildman–Crippen LogP) is 0.608. The molecule has 0 spiro atoms. The molecule has 6 heteroatoms. The Morgan fingerprint density at radius 3 is 2.14 bits per heavy atom. The van der Waals surface area contributed by atoms with Crippen molar-refractivity contribution in [2.75, 3.05) is 5.75 Å². The molecule has 0 aromatic heterocycles. The van der Waals surface area contributed by atoms with E-state index in [9.17, 15) is 12.8 Å². The number of halogens is 1. The summed E-state index contributed by atoms with van der Waals surface area (Å²) in [7, 11) is -3.93. The van der Waals surface area contributed by atoms with Crippen molar-refractivity contribution in [1.82, 2.24) is 0 Å². The topological polar surface area (TPSA) is 54.4 Å². The summed E-state index contributed by atoms with van der Waals surface area (Å²) in [4.78, 5) is 0. The first-order chi connectivity index (χ1) is 5.97. The van der Waals surface area contributed by atoms with Crippen molar-refractivity contribution in [3.05, 3.63) is 35.6 Å². The normalized spacial score (nSPS) is 10.7. The van der Waals surface area contributed by atoms with Crippen LogP contribution in [0.5, 0.6) is 0 Å². The van der Waals surface area contributed by atoms with Crippen molar-refractivity contribution in [3.8, 4) is 0 Å². The molecule has 0 heterocycles. The molecule has 0 saturated carbocycles. The fraction of sp³-hybridized carbons (Fsp3) is 0.250. The van der Waals surface area contributed by atoms with Crippen molar-refractivity contribution in [2.45, 2.75) is 6.42 Å². The van der Waals surface area contributed by atoms with Crippen LogP contribution in [0, 0.1) is 5.82 Å². The zero-order valence-electron chi connectivity index (χ0n) is 6.77. The summed E-state index contributed by atoms with van der Waals surface area (Å²) in [6, 6.07) is 5.47. The number of aryl methyl sites for hydroxylation is 1. The van der Waals surface area contributed by atoms with E-state index in [1.807, 2.05) is 0 Å². The van der Waals surface area contributed by atoms with Crippen molar-refractivity contribution in [1.29, 1.82) is 0 Å². The Morgan fingerprint density at radius 1 is 1.21 bits per heavy atom. The van der Waals surface area contributed by atoms with E-state index in [1.165, 1.54) is 24.3 Å². The second-order valence-electron chi connectivity index (χ2n) is 2.66. The van der Waals surface area contributed by atoms with E-state index in [2.05, 4.69) is 0 Å². The molecule has 0 saturated heterocycles. The molecule has 0 aliphatic carbocycles. The number of hydrogen-bond donors (Lipinski definition) is 1. The third-order valence-corrected chi connectivity index (χ3v) is 2.28. The van der Waals surface area contributed by atoms with Crippen LogP contribution in [-0.2, 0) is 16.5 Å². The third-order valence-electron chi connectivity index (χ3n) is 1.56. The fourth-order valence-electron chi connectivity index (χ4n) is 0.898. The summed E-state index contributed by atoms with van der Waals surface area (Å²) < 4.78 is 41.5. The van der Waals surface area contributed by atoms with Gasteiger partial charge in [-0.3, -0.25) is 4.55 Å². The van der Waals surface area contributed by atoms with Gasteiger partial charge in [0.25, 0.3) is 10.1 Å². The third kappa shape index (κ3) is 5.72. The average Bonchev–Trinajstić information content (AvgIpc) is 2.02. The number of hydrogen-bond acceptors (Lipinski definition) is 2. The van der Waals surface area contributed by atoms with E-state index in [-0.39, 0.29) is 47.5 Å². The minimum absolute atomic E-state index is 0. The van der Waals surface area contributed by atoms with Gasteiger partial charge in [-0.25, -0.2) is 4.39 Å². The molecule has 3 nitrogen and oxygen atoms in total. The van der Waals surface area contributed by atoms with Gasteiger partial charge in [-0.05, 0) is 24.1 Å². The van der Waals surface area contributed by atoms with Gasteiger partial charge in [0, 0.05) is 0 Å². The maximum absolute atomic E-state index is 12.4. The molecule has 1 rings (SSSR count). The molecule has 74 valence electrons. The molecule has 14 heavy (non-hydrogen) atoms. The Hall–Kier alpha value is 0.0600. The Bertz CT molecular complexity index is 374. The van der Waals surface area contributed by atoms with Gasteiger partial charge in [-0.2, -0.15) is 8.42 Å². The number of benzene rings is 1. The van der Waals surface area contributed by atoms with Crippen molar-refractivity contribution >= 4 is 39.7 Å². The van der Waals surface area contributed by atoms with Gasteiger partial charge in [0.2, 0.25) is 0 Å². The summed E-state index contributed by atoms with van der Waals surface area (Å²) in [5, 5.41) is 0. The van der Waals surface area contributed by atoms with Gasteiger partial charge in [0.1, 0.15) is 5.82 Å². The molecule has 0 aliphatic rings. The Labute approximate surface area is 104 Å². The van der Waals surface area contributed by atoms with E-state index in [1.54, 1.807) is 0 Å². The standard InChI is InChI=1S/C8H9FO3S.Na.H/c9-8-3-1-7(2-4-8)5-6-13(10,11)12;;/h1-4H,5-6H2,(H,10,11,12);;. The van der Waals surface area contributed by atoms with Crippen molar-refractivity contribution in [2.24, 2.45) is 0 Å². The van der Waals surface area contributed by atoms with Crippen LogP contribution >= 0.6 is 0 Å². The summed E-state index contributed by atoms with van der Waals surface area (Å²) in [6.45, 7) is 0. The van der Waals surface area contributed by atoms with Gasteiger partial charge >= 0.3 is 29.6 Å². The molecule has 0 unspecified atom stereocenters. The SMILES string of the molecule is O=S(=O)(O)CCc1ccc(F)cc1.[NaH]. The van der Waals surface area contributed by atoms with Crippen LogP contribution in [0.15, 0.2) is 24.3 Å². The van der Waals surface area contributed by atoms with E-state index in [0.29, 0.717) is 5.56 Å². The van der Waals surface area contributed by atoms with Crippen LogP contribution in [0.1, 0.15) is 5.56 Å². The second kappa shape index (κ2) is 5.82. The van der Waals surface area contributed by atoms with Crippen LogP contribution in [0.2, 0.25) is 0 Å². The minimum atomic E-state index is -3.93. The van der Waals surface area contributed by atoms with Crippen LogP contribution in [0.3, 0.4) is 0 Å². The van der Waals surface area contributed by atoms with E-state index in [0.717, 1.165) is 0 Å². The average molecular weight is 228 g/mol. The molecule has 0 fully saturated rings. The van der Waals surface area contributed by atoms with Crippen LogP contribution in [-0.4, -0.2) is 48.3 Å². The van der Waals surface area contributed by atoms with Gasteiger partial charge in [0.05, 0.1) is 5.75 Å². The molecular formula is C8H10FNaO3S. The van der Waals surface area contributed by atoms with E-state index >= 15 is 0 Å². The quantitative estimate of drug-likeness (QED) is 0.609. The summed E-state index contributed by atoms with van der Waals surface area (Å²) in [5.41, 5.74) is 0.680. The first-order valence-corrected chi connectivity index (χ1v) is 5.28. The predicted molar refractivity (Wildman–Crippen MR) is 53.7 cm³/mol. The second-order valence-corrected chi connectivity index (χ2v) is 4.23. The molecule has 0 atom stereocenters. The first kappa shape index (κ1) is 14.1. The zero-order valence-corrected chi connectivity index (χ0v) is 7.59. The first-order valence-electron chi connectivity index (χ1n) is 3.67. The summed E-state index contributed by atoms with van der Waals surface area (Å²) >= 11 is 0. The monoisotopic (exact) mass is 228 g/mol. The Morgan fingerprint density at radius 2 is 1.71 bits per heavy atom. The van der Waals surface area contributed by atoms with Gasteiger partial charge < -0.3 is 0 Å². The van der Waals surface area contributed by atoms with Gasteiger partial charge in [0.15, 0.2) is 0 Å². The number of rotatable bonds is 3. The molecule has 0 aliphatic heterocycles.